The van der Waals surface area contributed by atoms with Crippen LogP contribution >= 0.6 is 0 Å². The van der Waals surface area contributed by atoms with E-state index in [1.54, 1.807) is 6.08 Å². The number of para-hydroxylation sites is 1. The van der Waals surface area contributed by atoms with Crippen LogP contribution in [0.2, 0.25) is 0 Å². The summed E-state index contributed by atoms with van der Waals surface area (Å²) in [7, 11) is 0. The van der Waals surface area contributed by atoms with Gasteiger partial charge in [-0.15, -0.1) is 0 Å². The maximum Gasteiger partial charge on any atom is 0.231 e. The molecule has 0 atom stereocenters. The lowest BCUT2D eigenvalue weighted by Crippen LogP contribution is -2.17. The highest BCUT2D eigenvalue weighted by Crippen LogP contribution is 2.32. The van der Waals surface area contributed by atoms with Crippen molar-refractivity contribution in [2.24, 2.45) is 0 Å². The van der Waals surface area contributed by atoms with Gasteiger partial charge in [0.2, 0.25) is 5.43 Å². The van der Waals surface area contributed by atoms with Crippen LogP contribution in [-0.4, -0.2) is 11.2 Å². The molecule has 3 heteroatoms. The van der Waals surface area contributed by atoms with Crippen molar-refractivity contribution in [3.05, 3.63) is 77.5 Å². The smallest absolute Gasteiger partial charge is 0.231 e. The van der Waals surface area contributed by atoms with Crippen LogP contribution in [0.3, 0.4) is 0 Å². The second kappa shape index (κ2) is 18.5. The lowest BCUT2D eigenvalue weighted by atomic mass is 10.0. The summed E-state index contributed by atoms with van der Waals surface area (Å²) in [5.74, 6) is 0.427. The van der Waals surface area contributed by atoms with Crippen molar-refractivity contribution >= 4 is 10.9 Å². The number of pyridine rings is 1. The number of unbranched alkanes of at least 4 members (excludes halogenated alkanes) is 15. The summed E-state index contributed by atoms with van der Waals surface area (Å²) in [6.07, 6.45) is 23.5. The van der Waals surface area contributed by atoms with E-state index in [-0.39, 0.29) is 5.43 Å². The average molecular weight is 530 g/mol. The first-order chi connectivity index (χ1) is 19.3. The van der Waals surface area contributed by atoms with Crippen LogP contribution in [0.4, 0.5) is 0 Å². The third-order valence-electron chi connectivity index (χ3n) is 7.76. The van der Waals surface area contributed by atoms with Crippen molar-refractivity contribution in [3.63, 3.8) is 0 Å². The first-order valence-corrected chi connectivity index (χ1v) is 15.7. The summed E-state index contributed by atoms with van der Waals surface area (Å²) in [4.78, 5) is 13.4. The number of hydrogen-bond donors (Lipinski definition) is 0. The Bertz CT molecular complexity index is 1150. The van der Waals surface area contributed by atoms with E-state index in [0.29, 0.717) is 17.7 Å². The second-order valence-electron chi connectivity index (χ2n) is 10.9. The van der Waals surface area contributed by atoms with Crippen molar-refractivity contribution in [1.82, 2.24) is 4.57 Å². The number of fused-ring (bicyclic) bond motifs is 1. The molecule has 0 saturated heterocycles. The fourth-order valence-electron chi connectivity index (χ4n) is 5.58. The van der Waals surface area contributed by atoms with Gasteiger partial charge in [-0.25, -0.2) is 0 Å². The summed E-state index contributed by atoms with van der Waals surface area (Å²) in [6, 6.07) is 18.1. The molecule has 0 aliphatic rings. The minimum Gasteiger partial charge on any atom is -0.483 e. The molecule has 1 aromatic heterocycles. The van der Waals surface area contributed by atoms with Crippen LogP contribution in [0, 0.1) is 0 Å². The maximum atomic E-state index is 13.4. The SMILES string of the molecule is C=CCOc1c(-c2ccccc2)n(CCCCCCCCCCCCCCCCCC)c2ccccc2c1=O. The Morgan fingerprint density at radius 1 is 0.692 bits per heavy atom. The molecule has 0 spiro atoms. The summed E-state index contributed by atoms with van der Waals surface area (Å²) in [5, 5.41) is 0.715. The third kappa shape index (κ3) is 10.0. The van der Waals surface area contributed by atoms with Gasteiger partial charge < -0.3 is 9.30 Å². The van der Waals surface area contributed by atoms with E-state index in [9.17, 15) is 4.79 Å². The largest absolute Gasteiger partial charge is 0.483 e. The van der Waals surface area contributed by atoms with Gasteiger partial charge in [0.15, 0.2) is 5.75 Å². The highest BCUT2D eigenvalue weighted by molar-refractivity contribution is 5.86. The molecule has 39 heavy (non-hydrogen) atoms. The predicted molar refractivity (Wildman–Crippen MR) is 169 cm³/mol. The predicted octanol–water partition coefficient (Wildman–Crippen LogP) is 10.5. The van der Waals surface area contributed by atoms with E-state index in [1.807, 2.05) is 36.4 Å². The van der Waals surface area contributed by atoms with Gasteiger partial charge in [-0.3, -0.25) is 4.79 Å². The van der Waals surface area contributed by atoms with E-state index in [2.05, 4.69) is 36.3 Å². The molecule has 0 bridgehead atoms. The van der Waals surface area contributed by atoms with Gasteiger partial charge in [0, 0.05) is 17.5 Å². The van der Waals surface area contributed by atoms with Crippen LogP contribution in [0.1, 0.15) is 110 Å². The van der Waals surface area contributed by atoms with Gasteiger partial charge in [0.25, 0.3) is 0 Å². The minimum atomic E-state index is -0.0467. The molecule has 212 valence electrons. The van der Waals surface area contributed by atoms with Crippen LogP contribution in [0.15, 0.2) is 72.0 Å². The van der Waals surface area contributed by atoms with Crippen LogP contribution in [-0.2, 0) is 6.54 Å². The number of benzene rings is 2. The molecule has 0 aliphatic carbocycles. The molecule has 0 aliphatic heterocycles. The standard InChI is InChI=1S/C36H51NO2/c1-3-5-6-7-8-9-10-11-12-13-14-15-16-17-18-24-29-37-33-28-23-22-27-32(33)35(38)36(39-30-4-2)34(37)31-25-20-19-21-26-31/h4,19-23,25-28H,2-3,5-18,24,29-30H2,1H3. The van der Waals surface area contributed by atoms with Gasteiger partial charge in [-0.05, 0) is 18.6 Å². The fourth-order valence-corrected chi connectivity index (χ4v) is 5.58. The molecule has 0 N–H and O–H groups in total. The van der Waals surface area contributed by atoms with Crippen molar-refractivity contribution in [2.45, 2.75) is 116 Å². The summed E-state index contributed by atoms with van der Waals surface area (Å²) < 4.78 is 8.30. The molecule has 1 heterocycles. The molecule has 0 radical (unpaired) electrons. The fraction of sp³-hybridized carbons (Fsp3) is 0.528. The number of rotatable bonds is 21. The van der Waals surface area contributed by atoms with E-state index in [1.165, 1.54) is 96.3 Å². The zero-order valence-electron chi connectivity index (χ0n) is 24.5. The Kier molecular flexibility index (Phi) is 14.6. The van der Waals surface area contributed by atoms with Gasteiger partial charge in [0.1, 0.15) is 6.61 Å². The number of ether oxygens (including phenoxy) is 1. The Hall–Kier alpha value is -2.81. The highest BCUT2D eigenvalue weighted by Gasteiger charge is 2.19. The Labute approximate surface area is 237 Å². The van der Waals surface area contributed by atoms with Crippen LogP contribution < -0.4 is 10.2 Å². The number of nitrogens with zero attached hydrogens (tertiary/aromatic N) is 1. The van der Waals surface area contributed by atoms with E-state index >= 15 is 0 Å². The molecule has 0 fully saturated rings. The van der Waals surface area contributed by atoms with Gasteiger partial charge >= 0.3 is 0 Å². The normalized spacial score (nSPS) is 11.2. The summed E-state index contributed by atoms with van der Waals surface area (Å²) in [6.45, 7) is 7.25. The van der Waals surface area contributed by atoms with Crippen molar-refractivity contribution in [2.75, 3.05) is 6.61 Å². The van der Waals surface area contributed by atoms with Gasteiger partial charge in [-0.1, -0.05) is 158 Å². The topological polar surface area (TPSA) is 31.2 Å². The van der Waals surface area contributed by atoms with Crippen LogP contribution in [0.5, 0.6) is 5.75 Å². The quantitative estimate of drug-likeness (QED) is 0.101. The molecule has 2 aromatic carbocycles. The molecule has 3 nitrogen and oxygen atoms in total. The summed E-state index contributed by atoms with van der Waals surface area (Å²) >= 11 is 0. The van der Waals surface area contributed by atoms with E-state index in [0.717, 1.165) is 29.7 Å². The van der Waals surface area contributed by atoms with Gasteiger partial charge in [0.05, 0.1) is 11.2 Å². The zero-order valence-corrected chi connectivity index (χ0v) is 24.5. The molecule has 3 aromatic rings. The minimum absolute atomic E-state index is 0.0467. The molecule has 0 saturated carbocycles. The first kappa shape index (κ1) is 30.7. The number of aryl methyl sites for hydroxylation is 1. The highest BCUT2D eigenvalue weighted by atomic mass is 16.5. The number of aromatic nitrogens is 1. The van der Waals surface area contributed by atoms with Crippen molar-refractivity contribution in [1.29, 1.82) is 0 Å². The second-order valence-corrected chi connectivity index (χ2v) is 10.9. The van der Waals surface area contributed by atoms with Gasteiger partial charge in [-0.2, -0.15) is 0 Å². The van der Waals surface area contributed by atoms with Crippen LogP contribution in [0.25, 0.3) is 22.2 Å². The Balaban J connectivity index is 1.48. The first-order valence-electron chi connectivity index (χ1n) is 15.7. The molecular formula is C36H51NO2. The maximum absolute atomic E-state index is 13.4. The molecular weight excluding hydrogens is 478 g/mol. The lowest BCUT2D eigenvalue weighted by Gasteiger charge is -2.21. The van der Waals surface area contributed by atoms with E-state index in [4.69, 9.17) is 4.74 Å². The molecule has 0 amide bonds. The Morgan fingerprint density at radius 2 is 1.21 bits per heavy atom. The van der Waals surface area contributed by atoms with Crippen molar-refractivity contribution in [3.8, 4) is 17.0 Å². The Morgan fingerprint density at radius 3 is 1.77 bits per heavy atom. The monoisotopic (exact) mass is 529 g/mol. The molecule has 0 unspecified atom stereocenters. The zero-order chi connectivity index (χ0) is 27.5. The molecule has 3 rings (SSSR count). The lowest BCUT2D eigenvalue weighted by molar-refractivity contribution is 0.358. The van der Waals surface area contributed by atoms with E-state index < -0.39 is 0 Å². The average Bonchev–Trinajstić information content (AvgIpc) is 2.97. The van der Waals surface area contributed by atoms with Crippen molar-refractivity contribution < 1.29 is 4.74 Å². The number of hydrogen-bond acceptors (Lipinski definition) is 2. The summed E-state index contributed by atoms with van der Waals surface area (Å²) in [5.41, 5.74) is 2.82. The third-order valence-corrected chi connectivity index (χ3v) is 7.76.